The predicted octanol–water partition coefficient (Wildman–Crippen LogP) is 1.71. The van der Waals surface area contributed by atoms with Crippen LogP contribution < -0.4 is 5.73 Å². The van der Waals surface area contributed by atoms with E-state index >= 15 is 0 Å². The van der Waals surface area contributed by atoms with Gasteiger partial charge in [-0.2, -0.15) is 0 Å². The molecule has 0 amide bonds. The molecule has 17 heavy (non-hydrogen) atoms. The van der Waals surface area contributed by atoms with Gasteiger partial charge in [-0.1, -0.05) is 35.3 Å². The molecule has 0 aliphatic carbocycles. The van der Waals surface area contributed by atoms with E-state index in [4.69, 9.17) is 5.73 Å². The molecule has 88 valence electrons. The number of hydrogen-bond donors (Lipinski definition) is 1. The van der Waals surface area contributed by atoms with Crippen LogP contribution in [0.25, 0.3) is 11.1 Å². The average molecular weight is 247 g/mol. The first-order valence-corrected chi connectivity index (χ1v) is 6.27. The Kier molecular flexibility index (Phi) is 3.51. The van der Waals surface area contributed by atoms with Crippen molar-refractivity contribution in [3.05, 3.63) is 48.2 Å². The molecule has 2 rings (SSSR count). The van der Waals surface area contributed by atoms with Crippen LogP contribution in [0.2, 0.25) is 0 Å². The van der Waals surface area contributed by atoms with Crippen LogP contribution in [0.1, 0.15) is 5.56 Å². The summed E-state index contributed by atoms with van der Waals surface area (Å²) in [5.41, 5.74) is 8.29. The van der Waals surface area contributed by atoms with Gasteiger partial charge in [-0.15, -0.1) is 0 Å². The van der Waals surface area contributed by atoms with Gasteiger partial charge >= 0.3 is 0 Å². The zero-order chi connectivity index (χ0) is 12.3. The lowest BCUT2D eigenvalue weighted by atomic mass is 10.1. The van der Waals surface area contributed by atoms with E-state index in [9.17, 15) is 8.76 Å². The minimum atomic E-state index is -2.06. The Morgan fingerprint density at radius 3 is 2.53 bits per heavy atom. The van der Waals surface area contributed by atoms with Crippen LogP contribution >= 0.6 is 0 Å². The predicted molar refractivity (Wildman–Crippen MR) is 66.7 cm³/mol. The number of nitrogens with two attached hydrogens (primary N) is 1. The van der Waals surface area contributed by atoms with Gasteiger partial charge in [0.05, 0.1) is 0 Å². The fourth-order valence-corrected chi connectivity index (χ4v) is 2.04. The molecule has 4 nitrogen and oxygen atoms in total. The molecular formula is C12H11N2O2S-. The van der Waals surface area contributed by atoms with Gasteiger partial charge < -0.3 is 10.3 Å². The summed E-state index contributed by atoms with van der Waals surface area (Å²) in [4.78, 5) is 4.01. The zero-order valence-electron chi connectivity index (χ0n) is 9.00. The quantitative estimate of drug-likeness (QED) is 0.837. The molecule has 1 aromatic carbocycles. The first-order valence-electron chi connectivity index (χ1n) is 5.02. The highest BCUT2D eigenvalue weighted by molar-refractivity contribution is 7.78. The molecule has 0 fully saturated rings. The smallest absolute Gasteiger partial charge is 0.131 e. The van der Waals surface area contributed by atoms with Crippen molar-refractivity contribution in [1.29, 1.82) is 0 Å². The number of nitrogen functional groups attached to an aromatic ring is 1. The van der Waals surface area contributed by atoms with Gasteiger partial charge in [0.1, 0.15) is 5.82 Å². The normalized spacial score (nSPS) is 12.3. The van der Waals surface area contributed by atoms with Gasteiger partial charge in [-0.25, -0.2) is 4.98 Å². The van der Waals surface area contributed by atoms with Crippen molar-refractivity contribution in [2.45, 2.75) is 5.75 Å². The molecule has 0 aliphatic heterocycles. The minimum Gasteiger partial charge on any atom is -0.772 e. The lowest BCUT2D eigenvalue weighted by molar-refractivity contribution is 0.536. The Labute approximate surface area is 102 Å². The standard InChI is InChI=1S/C12H12N2O2S/c13-12-11(2-1-7-14-12)10-5-3-9(4-6-10)8-17(15)16/h1-7H,8H2,(H2,13,14)(H,15,16)/p-1. The molecule has 0 spiro atoms. The number of hydrogen-bond acceptors (Lipinski definition) is 4. The van der Waals surface area contributed by atoms with Crippen LogP contribution in [0.3, 0.4) is 0 Å². The van der Waals surface area contributed by atoms with Gasteiger partial charge in [0, 0.05) is 17.5 Å². The van der Waals surface area contributed by atoms with Crippen molar-refractivity contribution < 1.29 is 8.76 Å². The molecular weight excluding hydrogens is 236 g/mol. The Balaban J connectivity index is 2.30. The highest BCUT2D eigenvalue weighted by Gasteiger charge is 2.02. The molecule has 1 aromatic heterocycles. The van der Waals surface area contributed by atoms with Crippen molar-refractivity contribution in [3.63, 3.8) is 0 Å². The van der Waals surface area contributed by atoms with Crippen molar-refractivity contribution in [2.24, 2.45) is 0 Å². The van der Waals surface area contributed by atoms with Crippen molar-refractivity contribution in [2.75, 3.05) is 5.73 Å². The topological polar surface area (TPSA) is 79.0 Å². The molecule has 0 aliphatic rings. The zero-order valence-corrected chi connectivity index (χ0v) is 9.81. The van der Waals surface area contributed by atoms with E-state index < -0.39 is 11.1 Å². The van der Waals surface area contributed by atoms with Crippen molar-refractivity contribution >= 4 is 16.9 Å². The van der Waals surface area contributed by atoms with Gasteiger partial charge in [0.15, 0.2) is 0 Å². The van der Waals surface area contributed by atoms with Gasteiger partial charge in [-0.05, 0) is 23.3 Å². The first-order chi connectivity index (χ1) is 8.16. The summed E-state index contributed by atoms with van der Waals surface area (Å²) in [6, 6.07) is 10.9. The second kappa shape index (κ2) is 5.07. The lowest BCUT2D eigenvalue weighted by Gasteiger charge is -2.07. The third-order valence-corrected chi connectivity index (χ3v) is 2.96. The maximum absolute atomic E-state index is 10.5. The summed E-state index contributed by atoms with van der Waals surface area (Å²) in [6.07, 6.45) is 1.63. The number of benzene rings is 1. The van der Waals surface area contributed by atoms with E-state index in [1.165, 1.54) is 0 Å². The molecule has 5 heteroatoms. The van der Waals surface area contributed by atoms with E-state index in [0.29, 0.717) is 5.82 Å². The van der Waals surface area contributed by atoms with E-state index in [2.05, 4.69) is 4.98 Å². The Morgan fingerprint density at radius 1 is 1.24 bits per heavy atom. The number of rotatable bonds is 3. The average Bonchev–Trinajstić information content (AvgIpc) is 2.30. The third kappa shape index (κ3) is 2.89. The highest BCUT2D eigenvalue weighted by Crippen LogP contribution is 2.24. The molecule has 0 bridgehead atoms. The van der Waals surface area contributed by atoms with Gasteiger partial charge in [0.2, 0.25) is 0 Å². The number of aromatic nitrogens is 1. The van der Waals surface area contributed by atoms with Crippen molar-refractivity contribution in [3.8, 4) is 11.1 Å². The molecule has 1 unspecified atom stereocenters. The number of anilines is 1. The van der Waals surface area contributed by atoms with Crippen LogP contribution in [0.4, 0.5) is 5.82 Å². The monoisotopic (exact) mass is 247 g/mol. The maximum Gasteiger partial charge on any atom is 0.131 e. The van der Waals surface area contributed by atoms with Crippen molar-refractivity contribution in [1.82, 2.24) is 4.98 Å². The van der Waals surface area contributed by atoms with E-state index in [1.54, 1.807) is 18.3 Å². The van der Waals surface area contributed by atoms with Crippen LogP contribution in [0.5, 0.6) is 0 Å². The summed E-state index contributed by atoms with van der Waals surface area (Å²) in [6.45, 7) is 0. The summed E-state index contributed by atoms with van der Waals surface area (Å²) in [7, 11) is 0. The molecule has 1 atom stereocenters. The fraction of sp³-hybridized carbons (Fsp3) is 0.0833. The van der Waals surface area contributed by atoms with E-state index in [-0.39, 0.29) is 5.75 Å². The molecule has 2 N–H and O–H groups in total. The number of pyridine rings is 1. The SMILES string of the molecule is Nc1ncccc1-c1ccc(CS(=O)[O-])cc1. The molecule has 0 radical (unpaired) electrons. The number of nitrogens with zero attached hydrogens (tertiary/aromatic N) is 1. The lowest BCUT2D eigenvalue weighted by Crippen LogP contribution is -1.95. The van der Waals surface area contributed by atoms with Gasteiger partial charge in [-0.3, -0.25) is 4.21 Å². The summed E-state index contributed by atoms with van der Waals surface area (Å²) >= 11 is -2.06. The van der Waals surface area contributed by atoms with Crippen LogP contribution in [-0.2, 0) is 16.8 Å². The van der Waals surface area contributed by atoms with E-state index in [0.717, 1.165) is 16.7 Å². The minimum absolute atomic E-state index is 0.0306. The maximum atomic E-state index is 10.5. The van der Waals surface area contributed by atoms with Crippen LogP contribution in [0.15, 0.2) is 42.6 Å². The molecule has 1 heterocycles. The third-order valence-electron chi connectivity index (χ3n) is 2.39. The molecule has 0 saturated carbocycles. The largest absolute Gasteiger partial charge is 0.772 e. The summed E-state index contributed by atoms with van der Waals surface area (Å²) < 4.78 is 21.1. The Bertz CT molecular complexity index is 540. The summed E-state index contributed by atoms with van der Waals surface area (Å²) in [5, 5.41) is 0. The second-order valence-corrected chi connectivity index (χ2v) is 4.48. The van der Waals surface area contributed by atoms with E-state index in [1.807, 2.05) is 24.3 Å². The summed E-state index contributed by atoms with van der Waals surface area (Å²) in [5.74, 6) is 0.496. The Morgan fingerprint density at radius 2 is 1.94 bits per heavy atom. The Hall–Kier alpha value is -1.72. The van der Waals surface area contributed by atoms with Crippen LogP contribution in [0, 0.1) is 0 Å². The highest BCUT2D eigenvalue weighted by atomic mass is 32.2. The second-order valence-electron chi connectivity index (χ2n) is 3.58. The molecule has 2 aromatic rings. The van der Waals surface area contributed by atoms with Gasteiger partial charge in [0.25, 0.3) is 0 Å². The van der Waals surface area contributed by atoms with Crippen LogP contribution in [-0.4, -0.2) is 13.7 Å². The first kappa shape index (κ1) is 11.8. The fourth-order valence-electron chi connectivity index (χ4n) is 1.58. The molecule has 0 saturated heterocycles.